The van der Waals surface area contributed by atoms with Gasteiger partial charge in [-0.1, -0.05) is 20.8 Å². The highest BCUT2D eigenvalue weighted by atomic mass is 16.6. The number of hydrogen-bond donors (Lipinski definition) is 1. The first-order valence-electron chi connectivity index (χ1n) is 5.64. The number of pyridine rings is 1. The molecule has 0 saturated heterocycles. The van der Waals surface area contributed by atoms with E-state index in [1.165, 1.54) is 12.3 Å². The predicted octanol–water partition coefficient (Wildman–Crippen LogP) is 3.15. The largest absolute Gasteiger partial charge is 0.370 e. The number of nitro groups is 1. The third-order valence-corrected chi connectivity index (χ3v) is 2.44. The van der Waals surface area contributed by atoms with Crippen LogP contribution in [0.25, 0.3) is 0 Å². The van der Waals surface area contributed by atoms with Gasteiger partial charge in [-0.15, -0.1) is 0 Å². The van der Waals surface area contributed by atoms with E-state index < -0.39 is 4.92 Å². The predicted molar refractivity (Wildman–Crippen MR) is 68.2 cm³/mol. The number of anilines is 1. The molecule has 0 unspecified atom stereocenters. The van der Waals surface area contributed by atoms with Crippen LogP contribution in [-0.2, 0) is 0 Å². The molecule has 0 aliphatic rings. The average molecular weight is 237 g/mol. The van der Waals surface area contributed by atoms with Gasteiger partial charge < -0.3 is 5.32 Å². The SMILES string of the molecule is Cc1cc([N+](=O)[O-])cnc1NCCC(C)(C)C. The maximum absolute atomic E-state index is 10.6. The van der Waals surface area contributed by atoms with E-state index in [2.05, 4.69) is 31.1 Å². The zero-order chi connectivity index (χ0) is 13.1. The van der Waals surface area contributed by atoms with Crippen LogP contribution in [0.3, 0.4) is 0 Å². The van der Waals surface area contributed by atoms with Gasteiger partial charge in [0.25, 0.3) is 5.69 Å². The molecule has 0 aromatic carbocycles. The summed E-state index contributed by atoms with van der Waals surface area (Å²) >= 11 is 0. The van der Waals surface area contributed by atoms with Crippen LogP contribution in [0, 0.1) is 22.5 Å². The van der Waals surface area contributed by atoms with Crippen molar-refractivity contribution in [3.8, 4) is 0 Å². The van der Waals surface area contributed by atoms with Gasteiger partial charge in [0, 0.05) is 12.6 Å². The monoisotopic (exact) mass is 237 g/mol. The number of rotatable bonds is 4. The summed E-state index contributed by atoms with van der Waals surface area (Å²) in [6.07, 6.45) is 2.30. The van der Waals surface area contributed by atoms with Crippen molar-refractivity contribution < 1.29 is 4.92 Å². The molecule has 0 amide bonds. The summed E-state index contributed by atoms with van der Waals surface area (Å²) in [7, 11) is 0. The molecule has 5 nitrogen and oxygen atoms in total. The molecule has 1 N–H and O–H groups in total. The zero-order valence-electron chi connectivity index (χ0n) is 10.8. The Labute approximate surface area is 101 Å². The van der Waals surface area contributed by atoms with Gasteiger partial charge in [0.1, 0.15) is 12.0 Å². The standard InChI is InChI=1S/C12H19N3O2/c1-9-7-10(15(16)17)8-14-11(9)13-6-5-12(2,3)4/h7-8H,5-6H2,1-4H3,(H,13,14). The van der Waals surface area contributed by atoms with Crippen molar-refractivity contribution in [3.63, 3.8) is 0 Å². The molecule has 0 radical (unpaired) electrons. The van der Waals surface area contributed by atoms with E-state index in [4.69, 9.17) is 0 Å². The lowest BCUT2D eigenvalue weighted by Gasteiger charge is -2.18. The molecule has 0 bridgehead atoms. The number of hydrogen-bond acceptors (Lipinski definition) is 4. The maximum Gasteiger partial charge on any atom is 0.287 e. The van der Waals surface area contributed by atoms with Crippen LogP contribution in [-0.4, -0.2) is 16.5 Å². The Bertz CT molecular complexity index is 411. The quantitative estimate of drug-likeness (QED) is 0.645. The molecule has 1 heterocycles. The number of nitrogens with zero attached hydrogens (tertiary/aromatic N) is 2. The van der Waals surface area contributed by atoms with Crippen molar-refractivity contribution in [3.05, 3.63) is 27.9 Å². The van der Waals surface area contributed by atoms with Gasteiger partial charge in [-0.25, -0.2) is 4.98 Å². The first-order valence-corrected chi connectivity index (χ1v) is 5.64. The molecule has 1 rings (SSSR count). The van der Waals surface area contributed by atoms with Gasteiger partial charge in [0.05, 0.1) is 4.92 Å². The molecule has 0 aliphatic heterocycles. The van der Waals surface area contributed by atoms with E-state index in [-0.39, 0.29) is 11.1 Å². The number of nitrogens with one attached hydrogen (secondary N) is 1. The Hall–Kier alpha value is -1.65. The van der Waals surface area contributed by atoms with Crippen LogP contribution < -0.4 is 5.32 Å². The first kappa shape index (κ1) is 13.4. The molecule has 0 fully saturated rings. The highest BCUT2D eigenvalue weighted by Gasteiger charge is 2.11. The molecule has 0 spiro atoms. The maximum atomic E-state index is 10.6. The third-order valence-electron chi connectivity index (χ3n) is 2.44. The molecule has 0 atom stereocenters. The minimum atomic E-state index is -0.432. The molecule has 94 valence electrons. The van der Waals surface area contributed by atoms with Gasteiger partial charge in [-0.05, 0) is 24.3 Å². The Balaban J connectivity index is 2.64. The van der Waals surface area contributed by atoms with Crippen molar-refractivity contribution in [2.45, 2.75) is 34.1 Å². The van der Waals surface area contributed by atoms with E-state index in [0.29, 0.717) is 0 Å². The lowest BCUT2D eigenvalue weighted by Crippen LogP contribution is -2.14. The summed E-state index contributed by atoms with van der Waals surface area (Å²) < 4.78 is 0. The van der Waals surface area contributed by atoms with Gasteiger partial charge in [0.2, 0.25) is 0 Å². The fourth-order valence-electron chi connectivity index (χ4n) is 1.40. The fourth-order valence-corrected chi connectivity index (χ4v) is 1.40. The summed E-state index contributed by atoms with van der Waals surface area (Å²) in [5.74, 6) is 0.722. The molecule has 1 aromatic rings. The molecule has 0 aliphatic carbocycles. The van der Waals surface area contributed by atoms with Crippen LogP contribution in [0.2, 0.25) is 0 Å². The first-order chi connectivity index (χ1) is 7.79. The van der Waals surface area contributed by atoms with Crippen molar-refractivity contribution >= 4 is 11.5 Å². The minimum Gasteiger partial charge on any atom is -0.370 e. The Morgan fingerprint density at radius 3 is 2.59 bits per heavy atom. The molecule has 17 heavy (non-hydrogen) atoms. The second kappa shape index (κ2) is 5.12. The molecular weight excluding hydrogens is 218 g/mol. The van der Waals surface area contributed by atoms with Crippen LogP contribution in [0.4, 0.5) is 11.5 Å². The Kier molecular flexibility index (Phi) is 4.04. The van der Waals surface area contributed by atoms with Gasteiger partial charge >= 0.3 is 0 Å². The number of aryl methyl sites for hydroxylation is 1. The van der Waals surface area contributed by atoms with Crippen LogP contribution in [0.5, 0.6) is 0 Å². The summed E-state index contributed by atoms with van der Waals surface area (Å²) in [6, 6.07) is 1.53. The van der Waals surface area contributed by atoms with Crippen LogP contribution in [0.1, 0.15) is 32.8 Å². The van der Waals surface area contributed by atoms with Gasteiger partial charge in [0.15, 0.2) is 0 Å². The highest BCUT2D eigenvalue weighted by Crippen LogP contribution is 2.20. The minimum absolute atomic E-state index is 0.0314. The fraction of sp³-hybridized carbons (Fsp3) is 0.583. The second-order valence-corrected chi connectivity index (χ2v) is 5.35. The van der Waals surface area contributed by atoms with Gasteiger partial charge in [-0.2, -0.15) is 0 Å². The normalized spacial score (nSPS) is 11.3. The molecule has 0 saturated carbocycles. The van der Waals surface area contributed by atoms with E-state index in [1.807, 2.05) is 6.92 Å². The van der Waals surface area contributed by atoms with E-state index >= 15 is 0 Å². The summed E-state index contributed by atoms with van der Waals surface area (Å²) in [5.41, 5.74) is 1.10. The summed E-state index contributed by atoms with van der Waals surface area (Å²) in [4.78, 5) is 14.2. The molecular formula is C12H19N3O2. The Morgan fingerprint density at radius 1 is 1.47 bits per heavy atom. The van der Waals surface area contributed by atoms with Crippen molar-refractivity contribution in [2.24, 2.45) is 5.41 Å². The Morgan fingerprint density at radius 2 is 2.12 bits per heavy atom. The average Bonchev–Trinajstić information content (AvgIpc) is 2.18. The van der Waals surface area contributed by atoms with Crippen LogP contribution >= 0.6 is 0 Å². The van der Waals surface area contributed by atoms with Gasteiger partial charge in [-0.3, -0.25) is 10.1 Å². The van der Waals surface area contributed by atoms with Crippen molar-refractivity contribution in [2.75, 3.05) is 11.9 Å². The smallest absolute Gasteiger partial charge is 0.287 e. The summed E-state index contributed by atoms with van der Waals surface area (Å²) in [6.45, 7) is 9.15. The van der Waals surface area contributed by atoms with Crippen molar-refractivity contribution in [1.29, 1.82) is 0 Å². The second-order valence-electron chi connectivity index (χ2n) is 5.35. The topological polar surface area (TPSA) is 68.1 Å². The lowest BCUT2D eigenvalue weighted by molar-refractivity contribution is -0.385. The van der Waals surface area contributed by atoms with Crippen LogP contribution in [0.15, 0.2) is 12.3 Å². The van der Waals surface area contributed by atoms with Crippen molar-refractivity contribution in [1.82, 2.24) is 4.98 Å². The van der Waals surface area contributed by atoms with E-state index in [0.717, 1.165) is 24.3 Å². The van der Waals surface area contributed by atoms with E-state index in [1.54, 1.807) is 0 Å². The summed E-state index contributed by atoms with van der Waals surface area (Å²) in [5, 5.41) is 13.8. The zero-order valence-corrected chi connectivity index (χ0v) is 10.8. The van der Waals surface area contributed by atoms with E-state index in [9.17, 15) is 10.1 Å². The molecule has 5 heteroatoms. The third kappa shape index (κ3) is 4.38. The lowest BCUT2D eigenvalue weighted by atomic mass is 9.92. The highest BCUT2D eigenvalue weighted by molar-refractivity contribution is 5.48. The molecule has 1 aromatic heterocycles. The number of aromatic nitrogens is 1.